The molecule has 0 N–H and O–H groups in total. The smallest absolute Gasteiger partial charge is 0.601 e. The molecule has 7 rings (SSSR count). The van der Waals surface area contributed by atoms with Gasteiger partial charge in [-0.3, -0.25) is 0 Å². The van der Waals surface area contributed by atoms with Crippen LogP contribution in [0.1, 0.15) is 135 Å². The maximum Gasteiger partial charge on any atom is 2.00 e. The second-order valence-corrected chi connectivity index (χ2v) is 13.8. The minimum absolute atomic E-state index is 0. The van der Waals surface area contributed by atoms with Crippen molar-refractivity contribution in [3.63, 3.8) is 0 Å². The standard InChI is InChI=1S/C27H48BN6.C4H8O.C2H5.Mg/c1-4-10-22(11-5-1)25-16-19-32(29-25)28(33-20-17-26(30-33)23-12-6-2-7-13-23)34-21-18-27(31-34)24-14-8-3-9-15-24;1-2-4-5-3-1;1-2;/h22-27H,1-21H2;1-4H2;1H2,2H3;/q-3;;-1;+2. The first kappa shape index (κ1) is 35.4. The Morgan fingerprint density at radius 3 is 1.05 bits per heavy atom. The summed E-state index contributed by atoms with van der Waals surface area (Å²) in [6.45, 7) is 10.3. The van der Waals surface area contributed by atoms with E-state index in [1.807, 2.05) is 0 Å². The first-order chi connectivity index (χ1) is 20.3. The van der Waals surface area contributed by atoms with Gasteiger partial charge in [-0.05, 0) is 32.5 Å². The zero-order chi connectivity index (χ0) is 28.3. The van der Waals surface area contributed by atoms with Gasteiger partial charge in [0.1, 0.15) is 0 Å². The van der Waals surface area contributed by atoms with Gasteiger partial charge >= 0.3 is 30.2 Å². The van der Waals surface area contributed by atoms with Crippen LogP contribution in [0, 0.1) is 24.7 Å². The Balaban J connectivity index is 0.000000453. The fourth-order valence-electron chi connectivity index (χ4n) is 8.76. The van der Waals surface area contributed by atoms with E-state index >= 15 is 0 Å². The maximum atomic E-state index is 5.41. The number of rotatable bonds is 6. The average molecular weight is 593 g/mol. The van der Waals surface area contributed by atoms with Gasteiger partial charge in [0.15, 0.2) is 0 Å². The van der Waals surface area contributed by atoms with Gasteiger partial charge in [0, 0.05) is 13.2 Å². The molecule has 0 radical (unpaired) electrons. The van der Waals surface area contributed by atoms with E-state index in [0.29, 0.717) is 18.1 Å². The molecule has 3 atom stereocenters. The van der Waals surface area contributed by atoms with Crippen LogP contribution in [-0.2, 0) is 4.74 Å². The second-order valence-electron chi connectivity index (χ2n) is 13.8. The van der Waals surface area contributed by atoms with Gasteiger partial charge in [-0.15, -0.1) is 18.1 Å². The van der Waals surface area contributed by atoms with Gasteiger partial charge in [-0.25, -0.2) is 0 Å². The fourth-order valence-corrected chi connectivity index (χ4v) is 8.76. The van der Waals surface area contributed by atoms with Crippen molar-refractivity contribution >= 4 is 30.2 Å². The zero-order valence-electron chi connectivity index (χ0n) is 27.2. The van der Waals surface area contributed by atoms with Crippen LogP contribution in [0.25, 0.3) is 16.3 Å². The normalized spacial score (nSPS) is 32.6. The summed E-state index contributed by atoms with van der Waals surface area (Å²) in [5.41, 5.74) is 16.2. The van der Waals surface area contributed by atoms with Crippen LogP contribution >= 0.6 is 0 Å². The summed E-state index contributed by atoms with van der Waals surface area (Å²) in [6, 6.07) is 1.61. The third-order valence-corrected chi connectivity index (χ3v) is 11.1. The largest absolute Gasteiger partial charge is 2.00 e. The Bertz CT molecular complexity index is 623. The average Bonchev–Trinajstić information content (AvgIpc) is 3.89. The molecule has 236 valence electrons. The molecule has 4 saturated heterocycles. The monoisotopic (exact) mass is 592 g/mol. The number of ether oxygens (including phenoxy) is 1. The van der Waals surface area contributed by atoms with Crippen LogP contribution < -0.4 is 0 Å². The number of hydrogen-bond acceptors (Lipinski definition) is 4. The van der Waals surface area contributed by atoms with Crippen molar-refractivity contribution in [3.8, 4) is 0 Å². The first-order valence-corrected chi connectivity index (χ1v) is 18.1. The van der Waals surface area contributed by atoms with Crippen LogP contribution in [0.2, 0.25) is 0 Å². The van der Waals surface area contributed by atoms with Gasteiger partial charge < -0.3 is 42.7 Å². The van der Waals surface area contributed by atoms with Crippen LogP contribution in [0.15, 0.2) is 0 Å². The summed E-state index contributed by atoms with van der Waals surface area (Å²) in [5.74, 6) is 2.45. The summed E-state index contributed by atoms with van der Waals surface area (Å²) in [6.07, 6.45) is 27.4. The molecule has 7 nitrogen and oxygen atoms in total. The third kappa shape index (κ3) is 9.78. The Morgan fingerprint density at radius 1 is 0.476 bits per heavy atom. The molecule has 3 saturated carbocycles. The molecule has 42 heavy (non-hydrogen) atoms. The molecule has 0 bridgehead atoms. The van der Waals surface area contributed by atoms with Crippen molar-refractivity contribution in [1.82, 2.24) is 14.8 Å². The zero-order valence-corrected chi connectivity index (χ0v) is 28.6. The fraction of sp³-hybridized carbons (Fsp3) is 0.970. The predicted octanol–water partition coefficient (Wildman–Crippen LogP) is 8.06. The Morgan fingerprint density at radius 2 is 0.786 bits per heavy atom. The summed E-state index contributed by atoms with van der Waals surface area (Å²) in [4.78, 5) is 7.33. The first-order valence-electron chi connectivity index (χ1n) is 18.1. The second kappa shape index (κ2) is 19.3. The van der Waals surface area contributed by atoms with Crippen molar-refractivity contribution in [2.75, 3.05) is 32.8 Å². The predicted molar refractivity (Wildman–Crippen MR) is 178 cm³/mol. The van der Waals surface area contributed by atoms with Crippen molar-refractivity contribution in [3.05, 3.63) is 23.2 Å². The maximum absolute atomic E-state index is 5.41. The molecule has 4 heterocycles. The minimum Gasteiger partial charge on any atom is -0.601 e. The molecule has 9 heteroatoms. The molecule has 4 aliphatic heterocycles. The molecule has 0 aromatic heterocycles. The number of hydrogen-bond donors (Lipinski definition) is 0. The van der Waals surface area contributed by atoms with Crippen LogP contribution in [0.4, 0.5) is 0 Å². The van der Waals surface area contributed by atoms with E-state index in [1.54, 1.807) is 6.92 Å². The minimum atomic E-state index is 0. The van der Waals surface area contributed by atoms with Crippen molar-refractivity contribution < 1.29 is 4.74 Å². The molecular formula is C33H61BMgN6O-2. The van der Waals surface area contributed by atoms with E-state index < -0.39 is 0 Å². The molecule has 0 spiro atoms. The van der Waals surface area contributed by atoms with Gasteiger partial charge in [-0.2, -0.15) is 6.92 Å². The van der Waals surface area contributed by atoms with Gasteiger partial charge in [-0.1, -0.05) is 133 Å². The summed E-state index contributed by atoms with van der Waals surface area (Å²) >= 11 is 0. The van der Waals surface area contributed by atoms with E-state index in [-0.39, 0.29) is 30.2 Å². The molecule has 7 aliphatic rings. The molecule has 7 fully saturated rings. The van der Waals surface area contributed by atoms with Gasteiger partial charge in [0.25, 0.3) is 0 Å². The van der Waals surface area contributed by atoms with Crippen molar-refractivity contribution in [2.24, 2.45) is 17.8 Å². The van der Waals surface area contributed by atoms with E-state index in [2.05, 4.69) is 21.7 Å². The molecule has 0 amide bonds. The van der Waals surface area contributed by atoms with Crippen LogP contribution in [0.5, 0.6) is 0 Å². The van der Waals surface area contributed by atoms with E-state index in [1.165, 1.54) is 128 Å². The van der Waals surface area contributed by atoms with E-state index in [0.717, 1.165) is 50.6 Å². The van der Waals surface area contributed by atoms with E-state index in [9.17, 15) is 0 Å². The van der Waals surface area contributed by atoms with Gasteiger partial charge in [0.05, 0.1) is 0 Å². The Kier molecular flexibility index (Phi) is 16.2. The summed E-state index contributed by atoms with van der Waals surface area (Å²) < 4.78 is 4.94. The third-order valence-electron chi connectivity index (χ3n) is 11.1. The quantitative estimate of drug-likeness (QED) is 0.231. The van der Waals surface area contributed by atoms with Gasteiger partial charge in [0.2, 0.25) is 0 Å². The molecule has 3 unspecified atom stereocenters. The Labute approximate surface area is 276 Å². The summed E-state index contributed by atoms with van der Waals surface area (Å²) in [5, 5.41) is 0. The van der Waals surface area contributed by atoms with Crippen molar-refractivity contribution in [1.29, 1.82) is 0 Å². The topological polar surface area (TPSA) is 61.2 Å². The molecule has 0 aromatic carbocycles. The Hall–Kier alpha value is 0.551. The van der Waals surface area contributed by atoms with Crippen LogP contribution in [-0.4, -0.2) is 95.9 Å². The van der Waals surface area contributed by atoms with Crippen molar-refractivity contribution in [2.45, 2.75) is 153 Å². The molecule has 0 aromatic rings. The SMILES string of the molecule is C1CCC(C2CCN(B(N3CCC(C4CCCCC4)[N-]3)N3CCC(C4CCCCC4)[N-]3)[N-]2)CC1.C1CCOC1.[CH2-]C.[Mg+2]. The molecule has 3 aliphatic carbocycles. The molecular weight excluding hydrogens is 532 g/mol. The van der Waals surface area contributed by atoms with E-state index in [4.69, 9.17) is 21.0 Å². The number of nitrogens with zero attached hydrogens (tertiary/aromatic N) is 6. The summed E-state index contributed by atoms with van der Waals surface area (Å²) in [7, 11) is 0.135. The van der Waals surface area contributed by atoms with Crippen LogP contribution in [0.3, 0.4) is 0 Å².